The van der Waals surface area contributed by atoms with Gasteiger partial charge in [-0.2, -0.15) is 0 Å². The van der Waals surface area contributed by atoms with Crippen LogP contribution in [-0.2, 0) is 33.3 Å². The van der Waals surface area contributed by atoms with Crippen molar-refractivity contribution in [2.75, 3.05) is 19.8 Å². The molecule has 11 heteroatoms. The standard InChI is InChI=1S/C27H49NO10/c1-4-7-10-13-21(29)28-16-20-24(32)25(33)26(34)27(38-20)36-18-19(37-23(31)15-12-9-6-3)17-35-22(30)14-11-8-5-2/h19-20,24-27,32-34H,4-18H2,1-3H3,(H,28,29)/t19-,20-,24-,25+,26-,27+/m1/s1. The summed E-state index contributed by atoms with van der Waals surface area (Å²) in [7, 11) is 0. The first kappa shape index (κ1) is 34.2. The molecule has 6 atom stereocenters. The second-order valence-electron chi connectivity index (χ2n) is 9.82. The highest BCUT2D eigenvalue weighted by Gasteiger charge is 2.44. The molecule has 1 aliphatic heterocycles. The van der Waals surface area contributed by atoms with Crippen LogP contribution in [-0.4, -0.2) is 89.7 Å². The van der Waals surface area contributed by atoms with Gasteiger partial charge in [0, 0.05) is 25.8 Å². The van der Waals surface area contributed by atoms with Gasteiger partial charge in [0.05, 0.1) is 6.61 Å². The Morgan fingerprint density at radius 1 is 0.763 bits per heavy atom. The van der Waals surface area contributed by atoms with Crippen molar-refractivity contribution in [3.05, 3.63) is 0 Å². The Hall–Kier alpha value is -1.79. The van der Waals surface area contributed by atoms with Gasteiger partial charge in [0.25, 0.3) is 0 Å². The average molecular weight is 548 g/mol. The summed E-state index contributed by atoms with van der Waals surface area (Å²) in [4.78, 5) is 36.4. The predicted molar refractivity (Wildman–Crippen MR) is 139 cm³/mol. The fraction of sp³-hybridized carbons (Fsp3) is 0.889. The number of hydrogen-bond acceptors (Lipinski definition) is 10. The van der Waals surface area contributed by atoms with Crippen molar-refractivity contribution >= 4 is 17.8 Å². The molecule has 1 aliphatic rings. The molecule has 38 heavy (non-hydrogen) atoms. The van der Waals surface area contributed by atoms with Crippen molar-refractivity contribution in [2.45, 2.75) is 135 Å². The quantitative estimate of drug-likeness (QED) is 0.131. The smallest absolute Gasteiger partial charge is 0.306 e. The van der Waals surface area contributed by atoms with Crippen LogP contribution in [0.5, 0.6) is 0 Å². The van der Waals surface area contributed by atoms with E-state index in [0.717, 1.165) is 44.9 Å². The molecular weight excluding hydrogens is 498 g/mol. The van der Waals surface area contributed by atoms with Gasteiger partial charge < -0.3 is 39.6 Å². The van der Waals surface area contributed by atoms with Gasteiger partial charge in [-0.1, -0.05) is 59.3 Å². The number of amides is 1. The van der Waals surface area contributed by atoms with E-state index in [1.165, 1.54) is 0 Å². The predicted octanol–water partition coefficient (Wildman–Crippen LogP) is 2.12. The van der Waals surface area contributed by atoms with Crippen molar-refractivity contribution in [3.63, 3.8) is 0 Å². The molecule has 0 aromatic carbocycles. The Balaban J connectivity index is 2.70. The first-order valence-corrected chi connectivity index (χ1v) is 14.2. The summed E-state index contributed by atoms with van der Waals surface area (Å²) in [6.07, 6.45) is 0.555. The Morgan fingerprint density at radius 3 is 1.95 bits per heavy atom. The molecule has 0 unspecified atom stereocenters. The summed E-state index contributed by atoms with van der Waals surface area (Å²) in [6.45, 7) is 5.50. The van der Waals surface area contributed by atoms with Crippen LogP contribution in [0, 0.1) is 0 Å². The number of aliphatic hydroxyl groups excluding tert-OH is 3. The van der Waals surface area contributed by atoms with Gasteiger partial charge in [-0.05, 0) is 19.3 Å². The Bertz CT molecular complexity index is 676. The second-order valence-corrected chi connectivity index (χ2v) is 9.82. The fourth-order valence-corrected chi connectivity index (χ4v) is 3.92. The molecule has 1 heterocycles. The zero-order valence-electron chi connectivity index (χ0n) is 23.3. The molecule has 11 nitrogen and oxygen atoms in total. The normalized spacial score (nSPS) is 24.0. The largest absolute Gasteiger partial charge is 0.462 e. The molecule has 0 radical (unpaired) electrons. The molecule has 1 rings (SSSR count). The van der Waals surface area contributed by atoms with E-state index < -0.39 is 48.7 Å². The lowest BCUT2D eigenvalue weighted by molar-refractivity contribution is -0.299. The van der Waals surface area contributed by atoms with Gasteiger partial charge >= 0.3 is 11.9 Å². The monoisotopic (exact) mass is 547 g/mol. The molecular formula is C27H49NO10. The van der Waals surface area contributed by atoms with Gasteiger partial charge in [-0.3, -0.25) is 14.4 Å². The highest BCUT2D eigenvalue weighted by Crippen LogP contribution is 2.22. The number of rotatable bonds is 20. The summed E-state index contributed by atoms with van der Waals surface area (Å²) in [6, 6.07) is 0. The maximum atomic E-state index is 12.3. The van der Waals surface area contributed by atoms with Gasteiger partial charge in [-0.25, -0.2) is 0 Å². The Morgan fingerprint density at radius 2 is 1.34 bits per heavy atom. The molecule has 0 bridgehead atoms. The van der Waals surface area contributed by atoms with Gasteiger partial charge in [0.2, 0.25) is 5.91 Å². The van der Waals surface area contributed by atoms with Crippen LogP contribution in [0.25, 0.3) is 0 Å². The van der Waals surface area contributed by atoms with E-state index in [9.17, 15) is 29.7 Å². The van der Waals surface area contributed by atoms with Gasteiger partial charge in [0.1, 0.15) is 31.0 Å². The minimum absolute atomic E-state index is 0.0824. The van der Waals surface area contributed by atoms with E-state index in [2.05, 4.69) is 5.32 Å². The van der Waals surface area contributed by atoms with Crippen LogP contribution < -0.4 is 5.32 Å². The number of nitrogens with one attached hydrogen (secondary N) is 1. The highest BCUT2D eigenvalue weighted by atomic mass is 16.7. The first-order valence-electron chi connectivity index (χ1n) is 14.2. The summed E-state index contributed by atoms with van der Waals surface area (Å²) >= 11 is 0. The van der Waals surface area contributed by atoms with E-state index in [4.69, 9.17) is 18.9 Å². The van der Waals surface area contributed by atoms with Crippen molar-refractivity contribution in [2.24, 2.45) is 0 Å². The van der Waals surface area contributed by atoms with Crippen molar-refractivity contribution in [3.8, 4) is 0 Å². The van der Waals surface area contributed by atoms with Crippen molar-refractivity contribution in [1.29, 1.82) is 0 Å². The van der Waals surface area contributed by atoms with E-state index in [-0.39, 0.29) is 38.5 Å². The van der Waals surface area contributed by atoms with Crippen LogP contribution in [0.2, 0.25) is 0 Å². The third-order valence-corrected chi connectivity index (χ3v) is 6.32. The van der Waals surface area contributed by atoms with E-state index >= 15 is 0 Å². The average Bonchev–Trinajstić information content (AvgIpc) is 2.89. The van der Waals surface area contributed by atoms with Crippen molar-refractivity contribution in [1.82, 2.24) is 5.32 Å². The van der Waals surface area contributed by atoms with Crippen LogP contribution in [0.15, 0.2) is 0 Å². The Kier molecular flexibility index (Phi) is 18.2. The highest BCUT2D eigenvalue weighted by molar-refractivity contribution is 5.75. The molecule has 1 saturated heterocycles. The summed E-state index contributed by atoms with van der Waals surface area (Å²) in [5.41, 5.74) is 0. The fourth-order valence-electron chi connectivity index (χ4n) is 3.92. The molecule has 222 valence electrons. The minimum atomic E-state index is -1.58. The molecule has 0 aliphatic carbocycles. The lowest BCUT2D eigenvalue weighted by Gasteiger charge is -2.40. The van der Waals surface area contributed by atoms with Crippen LogP contribution in [0.1, 0.15) is 97.8 Å². The Labute approximate surface area is 226 Å². The lowest BCUT2D eigenvalue weighted by atomic mass is 9.98. The molecule has 4 N–H and O–H groups in total. The zero-order chi connectivity index (χ0) is 28.3. The number of carbonyl (C=O) groups is 3. The topological polar surface area (TPSA) is 161 Å². The van der Waals surface area contributed by atoms with Crippen LogP contribution >= 0.6 is 0 Å². The number of hydrogen-bond donors (Lipinski definition) is 4. The summed E-state index contributed by atoms with van der Waals surface area (Å²) in [5, 5.41) is 33.7. The maximum absolute atomic E-state index is 12.3. The molecule has 0 spiro atoms. The van der Waals surface area contributed by atoms with E-state index in [0.29, 0.717) is 19.3 Å². The molecule has 0 aromatic rings. The zero-order valence-corrected chi connectivity index (χ0v) is 23.3. The van der Waals surface area contributed by atoms with Gasteiger partial charge in [-0.15, -0.1) is 0 Å². The summed E-state index contributed by atoms with van der Waals surface area (Å²) in [5.74, 6) is -1.07. The maximum Gasteiger partial charge on any atom is 0.306 e. The molecule has 0 saturated carbocycles. The number of aliphatic hydroxyl groups is 3. The SMILES string of the molecule is CCCCCC(=O)NC[C@H]1O[C@H](OC[C@@H](COC(=O)CCCCC)OC(=O)CCCCC)[C@H](O)[C@@H](O)[C@@H]1O. The van der Waals surface area contributed by atoms with Crippen molar-refractivity contribution < 1.29 is 48.7 Å². The first-order chi connectivity index (χ1) is 18.2. The third kappa shape index (κ3) is 13.8. The van der Waals surface area contributed by atoms with Gasteiger partial charge in [0.15, 0.2) is 12.4 Å². The summed E-state index contributed by atoms with van der Waals surface area (Å²) < 4.78 is 22.0. The molecule has 1 amide bonds. The van der Waals surface area contributed by atoms with Crippen LogP contribution in [0.4, 0.5) is 0 Å². The number of unbranched alkanes of at least 4 members (excludes halogenated alkanes) is 6. The molecule has 1 fully saturated rings. The van der Waals surface area contributed by atoms with Crippen LogP contribution in [0.3, 0.4) is 0 Å². The second kappa shape index (κ2) is 20.2. The number of carbonyl (C=O) groups excluding carboxylic acids is 3. The number of esters is 2. The van der Waals surface area contributed by atoms with E-state index in [1.54, 1.807) is 0 Å². The molecule has 0 aromatic heterocycles. The lowest BCUT2D eigenvalue weighted by Crippen LogP contribution is -2.60. The number of ether oxygens (including phenoxy) is 4. The minimum Gasteiger partial charge on any atom is -0.462 e. The van der Waals surface area contributed by atoms with E-state index in [1.807, 2.05) is 20.8 Å². The third-order valence-electron chi connectivity index (χ3n) is 6.32.